The molecule has 2 aromatic carbocycles. The number of rotatable bonds is 4. The molecule has 0 unspecified atom stereocenters. The maximum Gasteiger partial charge on any atom is 0.306 e. The van der Waals surface area contributed by atoms with Crippen LogP contribution >= 0.6 is 0 Å². The molecule has 27 heavy (non-hydrogen) atoms. The van der Waals surface area contributed by atoms with Crippen LogP contribution in [-0.2, 0) is 6.54 Å². The Morgan fingerprint density at radius 2 is 2.04 bits per heavy atom. The molecular weight excluding hydrogens is 346 g/mol. The molecule has 4 rings (SSSR count). The Hall–Kier alpha value is -3.32. The Morgan fingerprint density at radius 3 is 2.81 bits per heavy atom. The van der Waals surface area contributed by atoms with Crippen molar-refractivity contribution in [1.29, 1.82) is 0 Å². The van der Waals surface area contributed by atoms with Crippen molar-refractivity contribution in [3.05, 3.63) is 65.5 Å². The minimum atomic E-state index is -0.292. The van der Waals surface area contributed by atoms with E-state index in [1.165, 1.54) is 6.33 Å². The fourth-order valence-corrected chi connectivity index (χ4v) is 3.49. The Bertz CT molecular complexity index is 1010. The molecule has 1 aliphatic heterocycles. The van der Waals surface area contributed by atoms with Crippen LogP contribution in [0.1, 0.15) is 22.6 Å². The van der Waals surface area contributed by atoms with Crippen LogP contribution in [0.3, 0.4) is 0 Å². The Morgan fingerprint density at radius 1 is 1.22 bits per heavy atom. The molecule has 0 saturated carbocycles. The number of phenols is 1. The second-order valence-electron chi connectivity index (χ2n) is 6.26. The number of nitrogen functional groups attached to an aromatic ring is 1. The molecule has 0 spiro atoms. The van der Waals surface area contributed by atoms with Crippen LogP contribution in [0, 0.1) is 0 Å². The number of phenolic OH excluding ortho intramolecular Hbond substituents is 1. The van der Waals surface area contributed by atoms with Crippen molar-refractivity contribution in [2.24, 2.45) is 0 Å². The summed E-state index contributed by atoms with van der Waals surface area (Å²) in [5, 5.41) is 19.2. The van der Waals surface area contributed by atoms with Gasteiger partial charge in [0.05, 0.1) is 26.2 Å². The predicted molar refractivity (Wildman–Crippen MR) is 98.1 cm³/mol. The largest absolute Gasteiger partial charge is 0.508 e. The fourth-order valence-electron chi connectivity index (χ4n) is 3.49. The Kier molecular flexibility index (Phi) is 4.29. The molecule has 2 heterocycles. The van der Waals surface area contributed by atoms with E-state index >= 15 is 0 Å². The highest BCUT2D eigenvalue weighted by atomic mass is 16.5. The number of ether oxygens (including phenoxy) is 2. The molecule has 0 fully saturated rings. The van der Waals surface area contributed by atoms with Gasteiger partial charge in [0.15, 0.2) is 0 Å². The normalized spacial score (nSPS) is 14.8. The highest BCUT2D eigenvalue weighted by Gasteiger charge is 2.37. The van der Waals surface area contributed by atoms with Gasteiger partial charge in [0.2, 0.25) is 12.1 Å². The molecule has 0 bridgehead atoms. The van der Waals surface area contributed by atoms with Crippen molar-refractivity contribution < 1.29 is 24.3 Å². The van der Waals surface area contributed by atoms with E-state index in [2.05, 4.69) is 4.98 Å². The van der Waals surface area contributed by atoms with Gasteiger partial charge < -0.3 is 25.4 Å². The first-order chi connectivity index (χ1) is 13.1. The van der Waals surface area contributed by atoms with Crippen molar-refractivity contribution >= 4 is 5.82 Å². The van der Waals surface area contributed by atoms with Crippen LogP contribution in [0.15, 0.2) is 48.8 Å². The van der Waals surface area contributed by atoms with E-state index in [0.29, 0.717) is 35.3 Å². The van der Waals surface area contributed by atoms with Crippen LogP contribution in [0.5, 0.6) is 23.1 Å². The maximum atomic E-state index is 9.88. The zero-order valence-electron chi connectivity index (χ0n) is 14.8. The number of aromatic hydroxyl groups is 1. The summed E-state index contributed by atoms with van der Waals surface area (Å²) in [6, 6.07) is 12.7. The Labute approximate surface area is 156 Å². The van der Waals surface area contributed by atoms with Gasteiger partial charge in [-0.1, -0.05) is 29.2 Å². The van der Waals surface area contributed by atoms with E-state index in [1.54, 1.807) is 23.8 Å². The van der Waals surface area contributed by atoms with Crippen molar-refractivity contribution in [3.8, 4) is 23.1 Å². The number of aliphatic hydroxyl groups excluding tert-OH is 1. The van der Waals surface area contributed by atoms with Crippen LogP contribution in [-0.4, -0.2) is 28.9 Å². The zero-order chi connectivity index (χ0) is 19.0. The van der Waals surface area contributed by atoms with E-state index in [0.717, 1.165) is 11.1 Å². The van der Waals surface area contributed by atoms with Gasteiger partial charge in [-0.3, -0.25) is 0 Å². The zero-order valence-corrected chi connectivity index (χ0v) is 14.8. The topological polar surface area (TPSA) is 102 Å². The summed E-state index contributed by atoms with van der Waals surface area (Å²) in [6.45, 7) is 0.271. The van der Waals surface area contributed by atoms with Gasteiger partial charge in [0, 0.05) is 17.2 Å². The number of nitrogens with zero attached hydrogens (tertiary/aromatic N) is 2. The number of aliphatic hydroxyl groups is 1. The molecule has 1 aliphatic rings. The monoisotopic (exact) mass is 366 g/mol. The molecule has 0 aliphatic carbocycles. The lowest BCUT2D eigenvalue weighted by atomic mass is 9.83. The third-order valence-electron chi connectivity index (χ3n) is 4.72. The number of fused-ring (bicyclic) bond motifs is 2. The third kappa shape index (κ3) is 2.82. The summed E-state index contributed by atoms with van der Waals surface area (Å²) in [4.78, 5) is 4.39. The standard InChI is InChI=1S/C20H19N3O4/c1-26-15-5-3-2-4-13(15)17-14-7-6-12(25)10-16(14)27-20-18(17)19(21)23(8-9-24)11-22-20/h2-7,10-11,17,21,24-25H,8-9H2,1H3/p+1/t17-/m0/s1. The lowest BCUT2D eigenvalue weighted by molar-refractivity contribution is -0.687. The van der Waals surface area contributed by atoms with Gasteiger partial charge in [-0.2, -0.15) is 0 Å². The molecule has 0 saturated heterocycles. The summed E-state index contributed by atoms with van der Waals surface area (Å²) in [6.07, 6.45) is 1.54. The number of para-hydroxylation sites is 1. The summed E-state index contributed by atoms with van der Waals surface area (Å²) >= 11 is 0. The number of methoxy groups -OCH3 is 1. The van der Waals surface area contributed by atoms with E-state index in [4.69, 9.17) is 15.2 Å². The molecule has 0 amide bonds. The first-order valence-electron chi connectivity index (χ1n) is 8.56. The average molecular weight is 366 g/mol. The van der Waals surface area contributed by atoms with Gasteiger partial charge in [-0.05, 0) is 12.1 Å². The summed E-state index contributed by atoms with van der Waals surface area (Å²) < 4.78 is 13.2. The van der Waals surface area contributed by atoms with Crippen molar-refractivity contribution in [2.75, 3.05) is 19.5 Å². The molecule has 3 aromatic rings. The fraction of sp³-hybridized carbons (Fsp3) is 0.200. The first-order valence-corrected chi connectivity index (χ1v) is 8.56. The van der Waals surface area contributed by atoms with E-state index < -0.39 is 0 Å². The van der Waals surface area contributed by atoms with Gasteiger partial charge >= 0.3 is 5.88 Å². The molecule has 7 heteroatoms. The van der Waals surface area contributed by atoms with Crippen molar-refractivity contribution in [2.45, 2.75) is 12.5 Å². The van der Waals surface area contributed by atoms with Crippen molar-refractivity contribution in [1.82, 2.24) is 4.98 Å². The number of hydrogen-bond donors (Lipinski definition) is 3. The van der Waals surface area contributed by atoms with Gasteiger partial charge in [0.25, 0.3) is 0 Å². The van der Waals surface area contributed by atoms with Crippen LogP contribution in [0.2, 0.25) is 0 Å². The van der Waals surface area contributed by atoms with E-state index in [-0.39, 0.29) is 18.3 Å². The highest BCUT2D eigenvalue weighted by molar-refractivity contribution is 5.63. The average Bonchev–Trinajstić information content (AvgIpc) is 2.68. The lowest BCUT2D eigenvalue weighted by Crippen LogP contribution is -2.41. The van der Waals surface area contributed by atoms with Gasteiger partial charge in [0.1, 0.15) is 22.8 Å². The molecule has 0 radical (unpaired) electrons. The lowest BCUT2D eigenvalue weighted by Gasteiger charge is -2.28. The SMILES string of the molecule is COc1ccccc1[C@H]1c2ccc(O)cc2Oc2nc[n+](CCO)c(N)c21. The van der Waals surface area contributed by atoms with Crippen molar-refractivity contribution in [3.63, 3.8) is 0 Å². The first kappa shape index (κ1) is 17.1. The smallest absolute Gasteiger partial charge is 0.306 e. The highest BCUT2D eigenvalue weighted by Crippen LogP contribution is 2.50. The predicted octanol–water partition coefficient (Wildman–Crippen LogP) is 1.94. The van der Waals surface area contributed by atoms with Gasteiger partial charge in [-0.25, -0.2) is 4.57 Å². The second-order valence-corrected chi connectivity index (χ2v) is 6.26. The molecule has 4 N–H and O–H groups in total. The third-order valence-corrected chi connectivity index (χ3v) is 4.72. The summed E-state index contributed by atoms with van der Waals surface area (Å²) in [5.74, 6) is 1.88. The molecule has 138 valence electrons. The van der Waals surface area contributed by atoms with E-state index in [1.807, 2.05) is 30.3 Å². The molecular formula is C20H20N3O4+. The summed E-state index contributed by atoms with van der Waals surface area (Å²) in [7, 11) is 1.62. The van der Waals surface area contributed by atoms with Gasteiger partial charge in [-0.15, -0.1) is 0 Å². The second kappa shape index (κ2) is 6.77. The van der Waals surface area contributed by atoms with Crippen LogP contribution in [0.25, 0.3) is 0 Å². The minimum absolute atomic E-state index is 0.0556. The number of nitrogens with two attached hydrogens (primary N) is 1. The quantitative estimate of drug-likeness (QED) is 0.477. The minimum Gasteiger partial charge on any atom is -0.508 e. The number of benzene rings is 2. The molecule has 1 aromatic heterocycles. The van der Waals surface area contributed by atoms with Crippen LogP contribution in [0.4, 0.5) is 5.82 Å². The molecule has 1 atom stereocenters. The number of hydrogen-bond acceptors (Lipinski definition) is 6. The Balaban J connectivity index is 2.00. The maximum absolute atomic E-state index is 9.88. The number of aromatic nitrogens is 2. The van der Waals surface area contributed by atoms with E-state index in [9.17, 15) is 10.2 Å². The summed E-state index contributed by atoms with van der Waals surface area (Å²) in [5.41, 5.74) is 8.90. The molecule has 7 nitrogen and oxygen atoms in total. The van der Waals surface area contributed by atoms with Crippen LogP contribution < -0.4 is 19.8 Å². The number of anilines is 1.